The number of ether oxygens (including phenoxy) is 2. The van der Waals surface area contributed by atoms with Crippen LogP contribution in [0.1, 0.15) is 48.4 Å². The average Bonchev–Trinajstić information content (AvgIpc) is 3.07. The highest BCUT2D eigenvalue weighted by molar-refractivity contribution is 6.20. The van der Waals surface area contributed by atoms with Crippen molar-refractivity contribution >= 4 is 40.3 Å². The van der Waals surface area contributed by atoms with Crippen molar-refractivity contribution < 1.29 is 44.0 Å². The number of methoxy groups -OCH3 is 1. The normalized spacial score (nSPS) is 10.8. The molecule has 29 heavy (non-hydrogen) atoms. The number of carboxylic acids is 3. The molecule has 10 nitrogen and oxygen atoms in total. The summed E-state index contributed by atoms with van der Waals surface area (Å²) in [5.74, 6) is -5.49. The van der Waals surface area contributed by atoms with E-state index in [2.05, 4.69) is 0 Å². The number of benzene rings is 1. The van der Waals surface area contributed by atoms with E-state index in [1.165, 1.54) is 18.2 Å². The van der Waals surface area contributed by atoms with Crippen molar-refractivity contribution in [3.05, 3.63) is 46.6 Å². The summed E-state index contributed by atoms with van der Waals surface area (Å²) in [5.41, 5.74) is -2.65. The number of nitrogens with zero attached hydrogens (tertiary/aromatic N) is 1. The van der Waals surface area contributed by atoms with Crippen LogP contribution in [0.3, 0.4) is 0 Å². The molecule has 0 saturated carbocycles. The molecule has 0 unspecified atom stereocenters. The zero-order valence-corrected chi connectivity index (χ0v) is 15.3. The van der Waals surface area contributed by atoms with E-state index in [-0.39, 0.29) is 10.9 Å². The summed E-state index contributed by atoms with van der Waals surface area (Å²) in [6.45, 7) is 2.05. The van der Waals surface area contributed by atoms with Gasteiger partial charge in [0.25, 0.3) is 0 Å². The quantitative estimate of drug-likeness (QED) is 0.528. The molecule has 2 heterocycles. The first-order valence-corrected chi connectivity index (χ1v) is 8.28. The Kier molecular flexibility index (Phi) is 4.85. The van der Waals surface area contributed by atoms with Crippen LogP contribution in [-0.4, -0.2) is 57.3 Å². The lowest BCUT2D eigenvalue weighted by Gasteiger charge is -2.14. The van der Waals surface area contributed by atoms with E-state index in [0.29, 0.717) is 12.4 Å². The number of carboxylic acid groups (broad SMARTS) is 3. The summed E-state index contributed by atoms with van der Waals surface area (Å²) in [4.78, 5) is 47.9. The molecular weight excluding hydrogens is 386 g/mol. The Morgan fingerprint density at radius 3 is 2.14 bits per heavy atom. The van der Waals surface area contributed by atoms with Gasteiger partial charge in [0.15, 0.2) is 0 Å². The molecule has 0 aliphatic heterocycles. The number of hydrogen-bond donors (Lipinski definition) is 3. The number of carbonyl (C=O) groups excluding carboxylic acids is 1. The fourth-order valence-corrected chi connectivity index (χ4v) is 3.28. The van der Waals surface area contributed by atoms with E-state index in [9.17, 15) is 34.5 Å². The Labute approximate surface area is 162 Å². The molecular formula is C19H15NO9. The molecule has 0 atom stereocenters. The summed E-state index contributed by atoms with van der Waals surface area (Å²) in [6, 6.07) is 4.42. The molecule has 0 radical (unpaired) electrons. The number of esters is 1. The van der Waals surface area contributed by atoms with Crippen LogP contribution in [0.25, 0.3) is 16.4 Å². The largest absolute Gasteiger partial charge is 0.494 e. The first-order valence-electron chi connectivity index (χ1n) is 8.28. The number of rotatable bonds is 6. The summed E-state index contributed by atoms with van der Waals surface area (Å²) in [5, 5.41) is 28.9. The fourth-order valence-electron chi connectivity index (χ4n) is 3.28. The lowest BCUT2D eigenvalue weighted by Crippen LogP contribution is -2.15. The summed E-state index contributed by atoms with van der Waals surface area (Å²) < 4.78 is 11.3. The molecule has 10 heteroatoms. The van der Waals surface area contributed by atoms with E-state index in [1.807, 2.05) is 0 Å². The first kappa shape index (κ1) is 19.7. The van der Waals surface area contributed by atoms with Gasteiger partial charge in [0.1, 0.15) is 11.3 Å². The van der Waals surface area contributed by atoms with Crippen molar-refractivity contribution in [2.45, 2.75) is 6.92 Å². The predicted molar refractivity (Wildman–Crippen MR) is 98.3 cm³/mol. The predicted octanol–water partition coefficient (Wildman–Crippen LogP) is 2.37. The van der Waals surface area contributed by atoms with Crippen molar-refractivity contribution in [2.24, 2.45) is 0 Å². The molecule has 0 bridgehead atoms. The maximum Gasteiger partial charge on any atom is 0.339 e. The third-order valence-corrected chi connectivity index (χ3v) is 4.35. The molecule has 0 saturated heterocycles. The van der Waals surface area contributed by atoms with Crippen LogP contribution in [0, 0.1) is 0 Å². The number of fused-ring (bicyclic) bond motifs is 3. The van der Waals surface area contributed by atoms with Gasteiger partial charge in [0, 0.05) is 11.6 Å². The van der Waals surface area contributed by atoms with Crippen LogP contribution in [-0.2, 0) is 4.74 Å². The maximum absolute atomic E-state index is 12.5. The summed E-state index contributed by atoms with van der Waals surface area (Å²) >= 11 is 0. The minimum atomic E-state index is -1.64. The van der Waals surface area contributed by atoms with Gasteiger partial charge in [-0.25, -0.2) is 19.2 Å². The highest BCUT2D eigenvalue weighted by atomic mass is 16.5. The summed E-state index contributed by atoms with van der Waals surface area (Å²) in [6.07, 6.45) is 1.01. The molecule has 0 spiro atoms. The number of aromatic carboxylic acids is 3. The minimum absolute atomic E-state index is 0.108. The zero-order chi connectivity index (χ0) is 21.5. The number of hydrogen-bond acceptors (Lipinski definition) is 6. The van der Waals surface area contributed by atoms with Gasteiger partial charge in [-0.15, -0.1) is 0 Å². The van der Waals surface area contributed by atoms with Gasteiger partial charge >= 0.3 is 23.9 Å². The van der Waals surface area contributed by atoms with Crippen molar-refractivity contribution in [3.8, 4) is 5.75 Å². The molecule has 0 aliphatic carbocycles. The van der Waals surface area contributed by atoms with Crippen LogP contribution < -0.4 is 4.74 Å². The lowest BCUT2D eigenvalue weighted by atomic mass is 9.98. The monoisotopic (exact) mass is 401 g/mol. The number of aromatic nitrogens is 1. The summed E-state index contributed by atoms with van der Waals surface area (Å²) in [7, 11) is 1.05. The Hall–Kier alpha value is -4.08. The van der Waals surface area contributed by atoms with Crippen LogP contribution in [0.15, 0.2) is 24.4 Å². The molecule has 3 N–H and O–H groups in total. The second-order valence-corrected chi connectivity index (χ2v) is 5.91. The molecule has 3 rings (SSSR count). The molecule has 0 amide bonds. The molecule has 0 fully saturated rings. The number of carbonyl (C=O) groups is 4. The minimum Gasteiger partial charge on any atom is -0.494 e. The Morgan fingerprint density at radius 1 is 0.966 bits per heavy atom. The Bertz CT molecular complexity index is 1210. The first-order chi connectivity index (χ1) is 13.7. The van der Waals surface area contributed by atoms with Crippen LogP contribution in [0.2, 0.25) is 0 Å². The van der Waals surface area contributed by atoms with Crippen LogP contribution in [0.5, 0.6) is 5.75 Å². The standard InChI is InChI=1S/C19H15NO9/c1-3-29-8-4-5-11-9(6-8)12(19(27)28-2)14(18(25)26)15-13(17(23)24)10(16(21)22)7-20(11)15/h4-7H,3H2,1-2H3,(H,21,22)(H,23,24)(H,25,26). The van der Waals surface area contributed by atoms with Crippen molar-refractivity contribution in [3.63, 3.8) is 0 Å². The van der Waals surface area contributed by atoms with Crippen molar-refractivity contribution in [1.82, 2.24) is 4.40 Å². The van der Waals surface area contributed by atoms with E-state index >= 15 is 0 Å². The van der Waals surface area contributed by atoms with E-state index in [4.69, 9.17) is 9.47 Å². The van der Waals surface area contributed by atoms with E-state index in [1.54, 1.807) is 6.92 Å². The van der Waals surface area contributed by atoms with Gasteiger partial charge in [0.05, 0.1) is 41.4 Å². The van der Waals surface area contributed by atoms with Gasteiger partial charge in [-0.3, -0.25) is 0 Å². The maximum atomic E-state index is 12.5. The van der Waals surface area contributed by atoms with Gasteiger partial charge < -0.3 is 29.2 Å². The Morgan fingerprint density at radius 2 is 1.62 bits per heavy atom. The topological polar surface area (TPSA) is 152 Å². The molecule has 150 valence electrons. The Balaban J connectivity index is 2.68. The van der Waals surface area contributed by atoms with Gasteiger partial charge in [0.2, 0.25) is 0 Å². The third kappa shape index (κ3) is 3.00. The van der Waals surface area contributed by atoms with Crippen molar-refractivity contribution in [2.75, 3.05) is 13.7 Å². The van der Waals surface area contributed by atoms with Gasteiger partial charge in [-0.05, 0) is 25.1 Å². The second-order valence-electron chi connectivity index (χ2n) is 5.91. The van der Waals surface area contributed by atoms with E-state index < -0.39 is 51.6 Å². The fraction of sp³-hybridized carbons (Fsp3) is 0.158. The number of pyridine rings is 1. The molecule has 2 aromatic heterocycles. The van der Waals surface area contributed by atoms with E-state index in [0.717, 1.165) is 17.7 Å². The van der Waals surface area contributed by atoms with Crippen molar-refractivity contribution in [1.29, 1.82) is 0 Å². The highest BCUT2D eigenvalue weighted by Crippen LogP contribution is 2.34. The lowest BCUT2D eigenvalue weighted by molar-refractivity contribution is 0.0584. The van der Waals surface area contributed by atoms with Gasteiger partial charge in [-0.1, -0.05) is 0 Å². The van der Waals surface area contributed by atoms with Gasteiger partial charge in [-0.2, -0.15) is 0 Å². The smallest absolute Gasteiger partial charge is 0.339 e. The second kappa shape index (κ2) is 7.15. The van der Waals surface area contributed by atoms with Crippen LogP contribution >= 0.6 is 0 Å². The molecule has 0 aliphatic rings. The highest BCUT2D eigenvalue weighted by Gasteiger charge is 2.32. The average molecular weight is 401 g/mol. The SMILES string of the molecule is CCOc1ccc2c(c1)c(C(=O)OC)c(C(=O)O)c1c(C(=O)O)c(C(=O)O)cn12. The van der Waals surface area contributed by atoms with Crippen LogP contribution in [0.4, 0.5) is 0 Å². The third-order valence-electron chi connectivity index (χ3n) is 4.35. The molecule has 1 aromatic carbocycles. The molecule has 3 aromatic rings. The zero-order valence-electron chi connectivity index (χ0n) is 15.3.